The molecule has 4 heterocycles. The third-order valence-electron chi connectivity index (χ3n) is 4.63. The van der Waals surface area contributed by atoms with Crippen LogP contribution >= 0.6 is 0 Å². The maximum Gasteiger partial charge on any atom is 2.00 e. The molecule has 18 nitrogen and oxygen atoms in total. The molecule has 46 heavy (non-hydrogen) atoms. The summed E-state index contributed by atoms with van der Waals surface area (Å²) in [5.41, 5.74) is 58.3. The fourth-order valence-electron chi connectivity index (χ4n) is 3.18. The van der Waals surface area contributed by atoms with Crippen molar-refractivity contribution in [3.63, 3.8) is 0 Å². The van der Waals surface area contributed by atoms with Crippen molar-refractivity contribution in [2.45, 2.75) is 26.2 Å². The van der Waals surface area contributed by atoms with Gasteiger partial charge in [-0.3, -0.25) is 49.4 Å². The molecule has 4 rings (SSSR count). The van der Waals surface area contributed by atoms with Gasteiger partial charge < -0.3 is 44.2 Å². The first-order chi connectivity index (χ1) is 21.3. The molecule has 0 amide bonds. The van der Waals surface area contributed by atoms with Crippen LogP contribution in [0.1, 0.15) is 22.8 Å². The Morgan fingerprint density at radius 1 is 0.413 bits per heavy atom. The van der Waals surface area contributed by atoms with Gasteiger partial charge in [-0.15, -0.1) is 0 Å². The Labute approximate surface area is 306 Å². The maximum atomic E-state index is 6.75. The number of aromatic nitrogens is 4. The molecule has 0 aromatic carbocycles. The van der Waals surface area contributed by atoms with Gasteiger partial charge in [0.15, 0.2) is 0 Å². The molecule has 0 N–H and O–H groups in total. The molecule has 0 fully saturated rings. The molecule has 0 aliphatic carbocycles. The van der Waals surface area contributed by atoms with Gasteiger partial charge in [0.25, 0.3) is 0 Å². The zero-order valence-electron chi connectivity index (χ0n) is 25.5. The van der Waals surface area contributed by atoms with Crippen LogP contribution in [0.2, 0.25) is 0 Å². The fraction of sp³-hybridized carbons (Fsp3) is 0.231. The van der Waals surface area contributed by atoms with Crippen molar-refractivity contribution >= 4 is 0 Å². The van der Waals surface area contributed by atoms with Gasteiger partial charge >= 0.3 is 54.6 Å². The predicted octanol–water partition coefficient (Wildman–Crippen LogP) is 7.68. The molecule has 20 heteroatoms. The second kappa shape index (κ2) is 36.8. The average Bonchev–Trinajstić information content (AvgIpc) is 3.01. The predicted molar refractivity (Wildman–Crippen MR) is 168 cm³/mol. The number of pyridine rings is 4. The van der Waals surface area contributed by atoms with Crippen molar-refractivity contribution < 1.29 is 54.6 Å². The number of nitrogens with zero attached hydrogens (tertiary/aromatic N) is 18. The van der Waals surface area contributed by atoms with Crippen molar-refractivity contribution in [2.24, 2.45) is 0 Å². The summed E-state index contributed by atoms with van der Waals surface area (Å²) in [6.07, 6.45) is 7.29. The maximum absolute atomic E-state index is 6.75. The van der Waals surface area contributed by atoms with E-state index in [9.17, 15) is 0 Å². The second-order valence-corrected chi connectivity index (χ2v) is 7.99. The van der Waals surface area contributed by atoms with E-state index in [-0.39, 0.29) is 54.6 Å². The normalized spacial score (nSPS) is 8.09. The van der Waals surface area contributed by atoms with Gasteiger partial charge in [0.1, 0.15) is 0 Å². The molecular weight excluding hydrogens is 789 g/mol. The van der Waals surface area contributed by atoms with Crippen molar-refractivity contribution in [2.75, 3.05) is 14.1 Å². The molecule has 0 unspecified atom stereocenters. The summed E-state index contributed by atoms with van der Waals surface area (Å²) in [5, 5.41) is 0. The number of hydrogen-bond donors (Lipinski definition) is 0. The molecule has 4 aromatic rings. The number of rotatable bonds is 8. The van der Waals surface area contributed by atoms with E-state index in [0.717, 1.165) is 49.0 Å². The van der Waals surface area contributed by atoms with Gasteiger partial charge in [0.05, 0.1) is 22.8 Å². The first kappa shape index (κ1) is 48.5. The molecule has 0 bridgehead atoms. The van der Waals surface area contributed by atoms with Crippen LogP contribution in [0.5, 0.6) is 0 Å². The van der Waals surface area contributed by atoms with Gasteiger partial charge in [-0.1, -0.05) is 24.3 Å². The third-order valence-corrected chi connectivity index (χ3v) is 4.63. The van der Waals surface area contributed by atoms with Gasteiger partial charge in [0.2, 0.25) is 0 Å². The third kappa shape index (κ3) is 31.0. The van der Waals surface area contributed by atoms with E-state index in [2.05, 4.69) is 43.8 Å². The van der Waals surface area contributed by atoms with Crippen LogP contribution in [0.25, 0.3) is 63.9 Å². The largest absolute Gasteiger partial charge is 2.00 e. The van der Waals surface area contributed by atoms with Crippen molar-refractivity contribution in [3.8, 4) is 0 Å². The van der Waals surface area contributed by atoms with E-state index in [1.807, 2.05) is 97.6 Å². The van der Waals surface area contributed by atoms with Crippen LogP contribution < -0.4 is 0 Å². The van der Waals surface area contributed by atoms with Crippen LogP contribution in [0.15, 0.2) is 97.6 Å². The minimum absolute atomic E-state index is 0. The molecule has 0 radical (unpaired) electrons. The Morgan fingerprint density at radius 2 is 0.587 bits per heavy atom. The number of hydrogen-bond acceptors (Lipinski definition) is 6. The molecule has 0 aliphatic heterocycles. The molecule has 0 atom stereocenters. The Balaban J connectivity index is -0.000000277. The van der Waals surface area contributed by atoms with Crippen LogP contribution in [-0.2, 0) is 80.8 Å². The molecule has 0 saturated heterocycles. The van der Waals surface area contributed by atoms with Crippen LogP contribution in [-0.4, -0.2) is 43.8 Å². The van der Waals surface area contributed by atoms with Gasteiger partial charge in [-0.05, 0) is 62.6 Å². The summed E-state index contributed by atoms with van der Waals surface area (Å²) in [7, 11) is 4.15. The Morgan fingerprint density at radius 3 is 0.717 bits per heavy atom. The van der Waals surface area contributed by atoms with Crippen molar-refractivity contribution in [1.82, 2.24) is 29.7 Å². The molecule has 0 aliphatic rings. The van der Waals surface area contributed by atoms with Crippen LogP contribution in [0, 0.1) is 0 Å². The van der Waals surface area contributed by atoms with E-state index in [1.54, 1.807) is 0 Å². The molecule has 4 aromatic heterocycles. The summed E-state index contributed by atoms with van der Waals surface area (Å²) in [6.45, 7) is 3.38. The summed E-state index contributed by atoms with van der Waals surface area (Å²) < 4.78 is 0. The van der Waals surface area contributed by atoms with Gasteiger partial charge in [0, 0.05) is 51.0 Å². The fourth-order valence-corrected chi connectivity index (χ4v) is 3.18. The zero-order chi connectivity index (χ0) is 33.3. The Bertz CT molecular complexity index is 1160. The van der Waals surface area contributed by atoms with E-state index in [4.69, 9.17) is 44.2 Å². The monoisotopic (exact) mass is 822 g/mol. The average molecular weight is 819 g/mol. The van der Waals surface area contributed by atoms with Gasteiger partial charge in [-0.25, -0.2) is 0 Å². The van der Waals surface area contributed by atoms with E-state index < -0.39 is 0 Å². The zero-order valence-corrected chi connectivity index (χ0v) is 33.6. The minimum atomic E-state index is 0. The first-order valence-electron chi connectivity index (χ1n) is 12.3. The topological polar surface area (TPSA) is 293 Å². The standard InChI is InChI=1S/2C13H15N3.2Cd.4N3/c2*1-16(10-12-6-2-4-8-14-12)11-13-7-3-5-9-15-13;;;4*1-3-2/h2*2-9H,10-11H2,1H3;;;;;;/q;;2*+2;4*-1. The van der Waals surface area contributed by atoms with E-state index >= 15 is 0 Å². The van der Waals surface area contributed by atoms with Crippen LogP contribution in [0.4, 0.5) is 0 Å². The summed E-state index contributed by atoms with van der Waals surface area (Å²) in [6, 6.07) is 23.9. The summed E-state index contributed by atoms with van der Waals surface area (Å²) in [5.74, 6) is 0. The molecule has 0 saturated carbocycles. The van der Waals surface area contributed by atoms with Crippen LogP contribution in [0.3, 0.4) is 0 Å². The van der Waals surface area contributed by atoms with E-state index in [0.29, 0.717) is 0 Å². The summed E-state index contributed by atoms with van der Waals surface area (Å²) >= 11 is 0. The summed E-state index contributed by atoms with van der Waals surface area (Å²) in [4.78, 5) is 27.6. The SMILES string of the molecule is CN(Cc1ccccn1)Cc1ccccn1.CN(Cc1ccccn1)Cc1ccccn1.[Cd+2].[Cd+2].[N-]=[N+]=[N-].[N-]=[N+]=[N-].[N-]=[N+]=[N-].[N-]=[N+]=[N-]. The smallest absolute Gasteiger partial charge is 0.373 e. The minimum Gasteiger partial charge on any atom is -0.373 e. The van der Waals surface area contributed by atoms with Gasteiger partial charge in [-0.2, -0.15) is 0 Å². The van der Waals surface area contributed by atoms with Crippen molar-refractivity contribution in [1.29, 1.82) is 0 Å². The molecule has 228 valence electrons. The Hall–Kier alpha value is -4.40. The molecule has 0 spiro atoms. The van der Waals surface area contributed by atoms with Crippen molar-refractivity contribution in [3.05, 3.63) is 184 Å². The second-order valence-electron chi connectivity index (χ2n) is 7.99. The Kier molecular flexibility index (Phi) is 38.8. The quantitative estimate of drug-likeness (QED) is 0.0742. The molecular formula is C26H30Cd2N18. The van der Waals surface area contributed by atoms with E-state index in [1.165, 1.54) is 19.6 Å². The first-order valence-corrected chi connectivity index (χ1v) is 12.3.